The maximum atomic E-state index is 12.1. The second-order valence-corrected chi connectivity index (χ2v) is 9.60. The SMILES string of the molecule is CS(=O)(=O)c1ccc(CC(=O)OC2CN(c3nc4ccccc4s3)C2)cc1. The standard InChI is InChI=1S/C19H18N2O4S2/c1-27(23,24)15-8-6-13(7-9-15)10-18(22)25-14-11-21(12-14)19-20-16-4-2-3-5-17(16)26-19/h2-9,14H,10-12H2,1H3. The van der Waals surface area contributed by atoms with E-state index in [2.05, 4.69) is 9.88 Å². The Bertz CT molecular complexity index is 1050. The highest BCUT2D eigenvalue weighted by molar-refractivity contribution is 7.90. The zero-order valence-electron chi connectivity index (χ0n) is 14.7. The third-order valence-corrected chi connectivity index (χ3v) is 6.62. The molecule has 4 rings (SSSR count). The summed E-state index contributed by atoms with van der Waals surface area (Å²) in [6.07, 6.45) is 1.14. The van der Waals surface area contributed by atoms with Gasteiger partial charge in [0.1, 0.15) is 6.10 Å². The van der Waals surface area contributed by atoms with Crippen molar-refractivity contribution in [3.8, 4) is 0 Å². The molecule has 0 N–H and O–H groups in total. The minimum atomic E-state index is -3.23. The van der Waals surface area contributed by atoms with E-state index < -0.39 is 9.84 Å². The van der Waals surface area contributed by atoms with Gasteiger partial charge in [-0.25, -0.2) is 13.4 Å². The number of carbonyl (C=O) groups is 1. The first-order valence-corrected chi connectivity index (χ1v) is 11.2. The van der Waals surface area contributed by atoms with E-state index in [1.54, 1.807) is 23.5 Å². The van der Waals surface area contributed by atoms with Crippen LogP contribution in [0, 0.1) is 0 Å². The summed E-state index contributed by atoms with van der Waals surface area (Å²) in [5.41, 5.74) is 1.71. The summed E-state index contributed by atoms with van der Waals surface area (Å²) in [5.74, 6) is -0.309. The third-order valence-electron chi connectivity index (χ3n) is 4.40. The van der Waals surface area contributed by atoms with Crippen LogP contribution in [0.2, 0.25) is 0 Å². The molecule has 1 aliphatic heterocycles. The first kappa shape index (κ1) is 17.9. The van der Waals surface area contributed by atoms with Gasteiger partial charge in [0.25, 0.3) is 0 Å². The van der Waals surface area contributed by atoms with Crippen LogP contribution >= 0.6 is 11.3 Å². The third kappa shape index (κ3) is 3.96. The zero-order chi connectivity index (χ0) is 19.0. The molecule has 6 nitrogen and oxygen atoms in total. The van der Waals surface area contributed by atoms with E-state index in [0.29, 0.717) is 13.1 Å². The number of sulfone groups is 1. The lowest BCUT2D eigenvalue weighted by Crippen LogP contribution is -2.53. The van der Waals surface area contributed by atoms with E-state index in [1.165, 1.54) is 12.1 Å². The molecule has 0 amide bonds. The normalized spacial score (nSPS) is 14.9. The molecule has 140 valence electrons. The Labute approximate surface area is 161 Å². The molecule has 0 aliphatic carbocycles. The van der Waals surface area contributed by atoms with Crippen LogP contribution in [0.25, 0.3) is 10.2 Å². The molecule has 0 radical (unpaired) electrons. The number of anilines is 1. The Balaban J connectivity index is 1.30. The van der Waals surface area contributed by atoms with Crippen molar-refractivity contribution in [2.75, 3.05) is 24.2 Å². The smallest absolute Gasteiger partial charge is 0.310 e. The number of rotatable bonds is 5. The first-order valence-electron chi connectivity index (χ1n) is 8.47. The second kappa shape index (κ2) is 6.94. The monoisotopic (exact) mass is 402 g/mol. The number of hydrogen-bond acceptors (Lipinski definition) is 7. The number of carbonyl (C=O) groups excluding carboxylic acids is 1. The number of aromatic nitrogens is 1. The molecule has 2 heterocycles. The van der Waals surface area contributed by atoms with Crippen LogP contribution in [0.3, 0.4) is 0 Å². The van der Waals surface area contributed by atoms with Gasteiger partial charge in [-0.1, -0.05) is 35.6 Å². The van der Waals surface area contributed by atoms with E-state index >= 15 is 0 Å². The molecule has 2 aromatic carbocycles. The Hall–Kier alpha value is -2.45. The van der Waals surface area contributed by atoms with Crippen LogP contribution in [0.1, 0.15) is 5.56 Å². The number of hydrogen-bond donors (Lipinski definition) is 0. The molecular formula is C19H18N2O4S2. The quantitative estimate of drug-likeness (QED) is 0.611. The maximum Gasteiger partial charge on any atom is 0.310 e. The van der Waals surface area contributed by atoms with E-state index in [4.69, 9.17) is 4.74 Å². The van der Waals surface area contributed by atoms with E-state index in [-0.39, 0.29) is 23.4 Å². The number of fused-ring (bicyclic) bond motifs is 1. The highest BCUT2D eigenvalue weighted by Gasteiger charge is 2.32. The molecule has 1 aliphatic rings. The molecule has 0 spiro atoms. The highest BCUT2D eigenvalue weighted by Crippen LogP contribution is 2.31. The van der Waals surface area contributed by atoms with Gasteiger partial charge in [-0.05, 0) is 29.8 Å². The van der Waals surface area contributed by atoms with Crippen molar-refractivity contribution >= 4 is 42.5 Å². The van der Waals surface area contributed by atoms with Crippen molar-refractivity contribution in [3.05, 3.63) is 54.1 Å². The molecular weight excluding hydrogens is 384 g/mol. The van der Waals surface area contributed by atoms with Crippen molar-refractivity contribution in [3.63, 3.8) is 0 Å². The van der Waals surface area contributed by atoms with Crippen LogP contribution in [0.4, 0.5) is 5.13 Å². The molecule has 3 aromatic rings. The minimum Gasteiger partial charge on any atom is -0.458 e. The first-order chi connectivity index (χ1) is 12.9. The Kier molecular flexibility index (Phi) is 4.61. The number of nitrogens with zero attached hydrogens (tertiary/aromatic N) is 2. The van der Waals surface area contributed by atoms with E-state index in [9.17, 15) is 13.2 Å². The highest BCUT2D eigenvalue weighted by atomic mass is 32.2. The molecule has 1 saturated heterocycles. The number of esters is 1. The Morgan fingerprint density at radius 1 is 1.19 bits per heavy atom. The maximum absolute atomic E-state index is 12.1. The summed E-state index contributed by atoms with van der Waals surface area (Å²) in [6.45, 7) is 1.27. The summed E-state index contributed by atoms with van der Waals surface area (Å²) >= 11 is 1.63. The number of para-hydroxylation sites is 1. The average molecular weight is 402 g/mol. The molecule has 1 fully saturated rings. The molecule has 1 aromatic heterocycles. The van der Waals surface area contributed by atoms with Crippen molar-refractivity contribution in [2.24, 2.45) is 0 Å². The Morgan fingerprint density at radius 3 is 2.56 bits per heavy atom. The van der Waals surface area contributed by atoms with Gasteiger partial charge in [0.2, 0.25) is 0 Å². The van der Waals surface area contributed by atoms with Crippen LogP contribution in [0.15, 0.2) is 53.4 Å². The lowest BCUT2D eigenvalue weighted by atomic mass is 10.1. The minimum absolute atomic E-state index is 0.127. The predicted molar refractivity (Wildman–Crippen MR) is 105 cm³/mol. The van der Waals surface area contributed by atoms with Crippen molar-refractivity contribution in [1.82, 2.24) is 4.98 Å². The number of benzene rings is 2. The fourth-order valence-corrected chi connectivity index (χ4v) is 4.53. The van der Waals surface area contributed by atoms with Crippen molar-refractivity contribution in [2.45, 2.75) is 17.4 Å². The number of ether oxygens (including phenoxy) is 1. The van der Waals surface area contributed by atoms with Gasteiger partial charge in [0, 0.05) is 6.26 Å². The zero-order valence-corrected chi connectivity index (χ0v) is 16.3. The van der Waals surface area contributed by atoms with Gasteiger partial charge in [0.05, 0.1) is 34.6 Å². The van der Waals surface area contributed by atoms with Gasteiger partial charge in [-0.3, -0.25) is 4.79 Å². The van der Waals surface area contributed by atoms with Gasteiger partial charge in [0.15, 0.2) is 15.0 Å². The molecule has 0 bridgehead atoms. The molecule has 27 heavy (non-hydrogen) atoms. The predicted octanol–water partition coefficient (Wildman–Crippen LogP) is 2.67. The largest absolute Gasteiger partial charge is 0.458 e. The lowest BCUT2D eigenvalue weighted by molar-refractivity contribution is -0.149. The summed E-state index contributed by atoms with van der Waals surface area (Å²) in [4.78, 5) is 19.1. The Morgan fingerprint density at radius 2 is 1.89 bits per heavy atom. The van der Waals surface area contributed by atoms with Crippen LogP contribution in [-0.2, 0) is 25.8 Å². The summed E-state index contributed by atoms with van der Waals surface area (Å²) < 4.78 is 29.6. The average Bonchev–Trinajstić information content (AvgIpc) is 3.00. The second-order valence-electron chi connectivity index (χ2n) is 6.57. The molecule has 0 atom stereocenters. The summed E-state index contributed by atoms with van der Waals surface area (Å²) in [5, 5.41) is 0.944. The van der Waals surface area contributed by atoms with Crippen LogP contribution in [-0.4, -0.2) is 44.8 Å². The number of thiazole rings is 1. The van der Waals surface area contributed by atoms with Gasteiger partial charge in [-0.2, -0.15) is 0 Å². The van der Waals surface area contributed by atoms with Crippen molar-refractivity contribution in [1.29, 1.82) is 0 Å². The lowest BCUT2D eigenvalue weighted by Gasteiger charge is -2.38. The van der Waals surface area contributed by atoms with Gasteiger partial charge in [-0.15, -0.1) is 0 Å². The van der Waals surface area contributed by atoms with Crippen molar-refractivity contribution < 1.29 is 17.9 Å². The van der Waals surface area contributed by atoms with Gasteiger partial charge < -0.3 is 9.64 Å². The summed E-state index contributed by atoms with van der Waals surface area (Å²) in [6, 6.07) is 14.3. The topological polar surface area (TPSA) is 76.6 Å². The van der Waals surface area contributed by atoms with Crippen LogP contribution < -0.4 is 4.90 Å². The fraction of sp³-hybridized carbons (Fsp3) is 0.263. The fourth-order valence-electron chi connectivity index (χ4n) is 2.91. The van der Waals surface area contributed by atoms with E-state index in [0.717, 1.165) is 27.2 Å². The molecule has 0 saturated carbocycles. The molecule has 0 unspecified atom stereocenters. The van der Waals surface area contributed by atoms with Gasteiger partial charge >= 0.3 is 5.97 Å². The summed E-state index contributed by atoms with van der Waals surface area (Å²) in [7, 11) is -3.23. The van der Waals surface area contributed by atoms with Crippen LogP contribution in [0.5, 0.6) is 0 Å². The molecule has 8 heteroatoms. The van der Waals surface area contributed by atoms with E-state index in [1.807, 2.05) is 24.3 Å².